The van der Waals surface area contributed by atoms with Crippen LogP contribution in [-0.4, -0.2) is 75.7 Å². The molecule has 0 saturated carbocycles. The van der Waals surface area contributed by atoms with Crippen molar-refractivity contribution >= 4 is 21.6 Å². The molecule has 8 heteroatoms. The molecule has 1 atom stereocenters. The second-order valence-electron chi connectivity index (χ2n) is 7.08. The zero-order valence-corrected chi connectivity index (χ0v) is 17.0. The Morgan fingerprint density at radius 1 is 1.15 bits per heavy atom. The van der Waals surface area contributed by atoms with Gasteiger partial charge in [0.25, 0.3) is 0 Å². The van der Waals surface area contributed by atoms with Gasteiger partial charge in [-0.3, -0.25) is 4.79 Å². The van der Waals surface area contributed by atoms with Gasteiger partial charge < -0.3 is 14.5 Å². The molecule has 0 N–H and O–H groups in total. The van der Waals surface area contributed by atoms with Crippen molar-refractivity contribution in [2.75, 3.05) is 57.0 Å². The van der Waals surface area contributed by atoms with Crippen LogP contribution in [0.3, 0.4) is 0 Å². The fourth-order valence-electron chi connectivity index (χ4n) is 3.90. The number of para-hydroxylation sites is 2. The first-order chi connectivity index (χ1) is 13.0. The molecule has 0 aliphatic carbocycles. The van der Waals surface area contributed by atoms with Crippen LogP contribution in [0, 0.1) is 5.92 Å². The molecule has 2 aliphatic heterocycles. The summed E-state index contributed by atoms with van der Waals surface area (Å²) >= 11 is 0. The highest BCUT2D eigenvalue weighted by molar-refractivity contribution is 7.89. The lowest BCUT2D eigenvalue weighted by Gasteiger charge is -2.39. The third-order valence-corrected chi connectivity index (χ3v) is 7.36. The topological polar surface area (TPSA) is 70.2 Å². The summed E-state index contributed by atoms with van der Waals surface area (Å²) in [5.41, 5.74) is 1.05. The number of hydrogen-bond acceptors (Lipinski definition) is 5. The maximum Gasteiger partial charge on any atom is 0.227 e. The first kappa shape index (κ1) is 19.9. The Morgan fingerprint density at radius 3 is 2.52 bits per heavy atom. The summed E-state index contributed by atoms with van der Waals surface area (Å²) in [6.07, 6.45) is 1.51. The highest BCUT2D eigenvalue weighted by Crippen LogP contribution is 2.29. The molecule has 1 amide bonds. The largest absolute Gasteiger partial charge is 0.495 e. The normalized spacial score (nSPS) is 21.9. The van der Waals surface area contributed by atoms with Crippen molar-refractivity contribution < 1.29 is 17.9 Å². The number of hydrogen-bond donors (Lipinski definition) is 0. The van der Waals surface area contributed by atoms with Crippen molar-refractivity contribution in [2.45, 2.75) is 19.8 Å². The lowest BCUT2D eigenvalue weighted by atomic mass is 9.97. The van der Waals surface area contributed by atoms with Crippen molar-refractivity contribution in [3.8, 4) is 5.75 Å². The van der Waals surface area contributed by atoms with E-state index in [1.54, 1.807) is 14.0 Å². The van der Waals surface area contributed by atoms with Gasteiger partial charge in [-0.05, 0) is 31.9 Å². The smallest absolute Gasteiger partial charge is 0.227 e. The maximum absolute atomic E-state index is 12.9. The zero-order chi connectivity index (χ0) is 19.4. The first-order valence-corrected chi connectivity index (χ1v) is 11.2. The van der Waals surface area contributed by atoms with Crippen LogP contribution in [0.5, 0.6) is 5.75 Å². The summed E-state index contributed by atoms with van der Waals surface area (Å²) in [4.78, 5) is 17.1. The molecule has 2 aliphatic rings. The summed E-state index contributed by atoms with van der Waals surface area (Å²) in [5.74, 6) is 0.791. The van der Waals surface area contributed by atoms with Crippen LogP contribution in [0.15, 0.2) is 24.3 Å². The number of nitrogens with zero attached hydrogens (tertiary/aromatic N) is 3. The van der Waals surface area contributed by atoms with Gasteiger partial charge in [-0.25, -0.2) is 12.7 Å². The van der Waals surface area contributed by atoms with E-state index in [0.29, 0.717) is 26.2 Å². The van der Waals surface area contributed by atoms with Gasteiger partial charge in [0.15, 0.2) is 0 Å². The fourth-order valence-corrected chi connectivity index (χ4v) is 5.08. The van der Waals surface area contributed by atoms with E-state index < -0.39 is 10.0 Å². The van der Waals surface area contributed by atoms with Gasteiger partial charge in [-0.1, -0.05) is 12.1 Å². The highest BCUT2D eigenvalue weighted by Gasteiger charge is 2.34. The predicted octanol–water partition coefficient (Wildman–Crippen LogP) is 1.41. The van der Waals surface area contributed by atoms with Gasteiger partial charge in [0.2, 0.25) is 15.9 Å². The molecule has 7 nitrogen and oxygen atoms in total. The molecule has 150 valence electrons. The quantitative estimate of drug-likeness (QED) is 0.754. The molecule has 1 aromatic rings. The van der Waals surface area contributed by atoms with Crippen LogP contribution in [0.1, 0.15) is 19.8 Å². The van der Waals surface area contributed by atoms with Gasteiger partial charge in [0.1, 0.15) is 5.75 Å². The summed E-state index contributed by atoms with van der Waals surface area (Å²) in [5, 5.41) is 0. The molecule has 0 bridgehead atoms. The van der Waals surface area contributed by atoms with Crippen molar-refractivity contribution in [1.82, 2.24) is 9.21 Å². The molecular formula is C19H29N3O4S. The van der Waals surface area contributed by atoms with Gasteiger partial charge in [-0.15, -0.1) is 0 Å². The van der Waals surface area contributed by atoms with Crippen LogP contribution < -0.4 is 9.64 Å². The summed E-state index contributed by atoms with van der Waals surface area (Å²) < 4.78 is 31.2. The third kappa shape index (κ3) is 4.38. The number of carbonyl (C=O) groups is 1. The summed E-state index contributed by atoms with van der Waals surface area (Å²) in [6.45, 7) is 5.29. The molecule has 27 heavy (non-hydrogen) atoms. The number of carbonyl (C=O) groups excluding carboxylic acids is 1. The van der Waals surface area contributed by atoms with E-state index in [1.165, 1.54) is 4.31 Å². The predicted molar refractivity (Wildman–Crippen MR) is 106 cm³/mol. The maximum atomic E-state index is 12.9. The van der Waals surface area contributed by atoms with Crippen molar-refractivity contribution in [3.05, 3.63) is 24.3 Å². The van der Waals surface area contributed by atoms with E-state index in [1.807, 2.05) is 29.2 Å². The lowest BCUT2D eigenvalue weighted by Crippen LogP contribution is -2.53. The van der Waals surface area contributed by atoms with E-state index in [-0.39, 0.29) is 17.6 Å². The zero-order valence-electron chi connectivity index (χ0n) is 16.1. The number of piperidine rings is 1. The standard InChI is InChI=1S/C19H29N3O4S/c1-3-27(24,25)22-10-6-7-16(15-22)19(23)21-13-11-20(12-14-21)17-8-4-5-9-18(17)26-2/h4-5,8-9,16H,3,6-7,10-15H2,1-2H3/t16-/m1/s1. The number of methoxy groups -OCH3 is 1. The minimum absolute atomic E-state index is 0.0886. The van der Waals surface area contributed by atoms with E-state index in [2.05, 4.69) is 4.90 Å². The van der Waals surface area contributed by atoms with Crippen LogP contribution in [-0.2, 0) is 14.8 Å². The van der Waals surface area contributed by atoms with Crippen molar-refractivity contribution in [1.29, 1.82) is 0 Å². The van der Waals surface area contributed by atoms with E-state index >= 15 is 0 Å². The molecule has 0 unspecified atom stereocenters. The molecule has 0 radical (unpaired) electrons. The molecule has 0 spiro atoms. The Hall–Kier alpha value is -1.80. The minimum Gasteiger partial charge on any atom is -0.495 e. The summed E-state index contributed by atoms with van der Waals surface area (Å²) in [6, 6.07) is 7.91. The average molecular weight is 396 g/mol. The SMILES string of the molecule is CCS(=O)(=O)N1CCC[C@@H](C(=O)N2CCN(c3ccccc3OC)CC2)C1. The Kier molecular flexibility index (Phi) is 6.26. The number of sulfonamides is 1. The monoisotopic (exact) mass is 395 g/mol. The van der Waals surface area contributed by atoms with Crippen molar-refractivity contribution in [3.63, 3.8) is 0 Å². The molecule has 2 saturated heterocycles. The highest BCUT2D eigenvalue weighted by atomic mass is 32.2. The molecule has 1 aromatic carbocycles. The van der Waals surface area contributed by atoms with Gasteiger partial charge >= 0.3 is 0 Å². The van der Waals surface area contributed by atoms with Gasteiger partial charge in [0, 0.05) is 39.3 Å². The number of benzene rings is 1. The lowest BCUT2D eigenvalue weighted by molar-refractivity contribution is -0.137. The molecule has 0 aromatic heterocycles. The second kappa shape index (κ2) is 8.48. The van der Waals surface area contributed by atoms with Crippen LogP contribution in [0.4, 0.5) is 5.69 Å². The number of ether oxygens (including phenoxy) is 1. The van der Waals surface area contributed by atoms with E-state index in [9.17, 15) is 13.2 Å². The number of amides is 1. The van der Waals surface area contributed by atoms with E-state index in [0.717, 1.165) is 37.4 Å². The number of anilines is 1. The van der Waals surface area contributed by atoms with Crippen LogP contribution in [0.2, 0.25) is 0 Å². The fraction of sp³-hybridized carbons (Fsp3) is 0.632. The Labute approximate surface area is 161 Å². The van der Waals surface area contributed by atoms with E-state index in [4.69, 9.17) is 4.74 Å². The van der Waals surface area contributed by atoms with Crippen LogP contribution >= 0.6 is 0 Å². The number of piperazine rings is 1. The molecular weight excluding hydrogens is 366 g/mol. The van der Waals surface area contributed by atoms with Crippen molar-refractivity contribution in [2.24, 2.45) is 5.92 Å². The Balaban J connectivity index is 1.60. The molecule has 2 heterocycles. The Bertz CT molecular complexity index is 760. The molecule has 2 fully saturated rings. The van der Waals surface area contributed by atoms with Gasteiger partial charge in [0.05, 0.1) is 24.5 Å². The van der Waals surface area contributed by atoms with Gasteiger partial charge in [-0.2, -0.15) is 0 Å². The Morgan fingerprint density at radius 2 is 1.85 bits per heavy atom. The third-order valence-electron chi connectivity index (χ3n) is 5.51. The molecule has 3 rings (SSSR count). The summed E-state index contributed by atoms with van der Waals surface area (Å²) in [7, 11) is -1.57. The van der Waals surface area contributed by atoms with Crippen LogP contribution in [0.25, 0.3) is 0 Å². The first-order valence-electron chi connectivity index (χ1n) is 9.61. The minimum atomic E-state index is -3.23. The second-order valence-corrected chi connectivity index (χ2v) is 9.34. The average Bonchev–Trinajstić information content (AvgIpc) is 2.73. The number of rotatable bonds is 5.